The highest BCUT2D eigenvalue weighted by atomic mass is 32.1. The molecule has 2 aromatic carbocycles. The number of fused-ring (bicyclic) bond motifs is 2. The lowest BCUT2D eigenvalue weighted by molar-refractivity contribution is 0.0990. The van der Waals surface area contributed by atoms with E-state index in [9.17, 15) is 18.4 Å². The topological polar surface area (TPSA) is 47.3 Å². The zero-order valence-electron chi connectivity index (χ0n) is 14.2. The Kier molecular flexibility index (Phi) is 3.64. The lowest BCUT2D eigenvalue weighted by Gasteiger charge is -1.96. The highest BCUT2D eigenvalue weighted by Crippen LogP contribution is 2.36. The quantitative estimate of drug-likeness (QED) is 0.315. The number of rotatable bonds is 2. The summed E-state index contributed by atoms with van der Waals surface area (Å²) in [5.74, 6) is -2.78. The van der Waals surface area contributed by atoms with Crippen molar-refractivity contribution in [3.8, 4) is 11.3 Å². The minimum absolute atomic E-state index is 0.104. The molecular weight excluding hydrogens is 382 g/mol. The van der Waals surface area contributed by atoms with Crippen molar-refractivity contribution in [1.82, 2.24) is 0 Å². The average Bonchev–Trinajstić information content (AvgIpc) is 3.31. The first-order valence-corrected chi connectivity index (χ1v) is 9.22. The van der Waals surface area contributed by atoms with E-state index in [0.29, 0.717) is 10.5 Å². The van der Waals surface area contributed by atoms with Gasteiger partial charge in [-0.3, -0.25) is 9.59 Å². The van der Waals surface area contributed by atoms with Crippen LogP contribution in [-0.2, 0) is 0 Å². The highest BCUT2D eigenvalue weighted by Gasteiger charge is 2.34. The molecule has 5 rings (SSSR count). The van der Waals surface area contributed by atoms with Crippen LogP contribution in [0.25, 0.3) is 27.7 Å². The molecule has 2 aromatic heterocycles. The number of carbonyl (C=O) groups excluding carboxylic acids is 2. The van der Waals surface area contributed by atoms with Gasteiger partial charge in [-0.15, -0.1) is 11.3 Å². The number of ketones is 2. The molecule has 136 valence electrons. The van der Waals surface area contributed by atoms with Crippen LogP contribution in [0.5, 0.6) is 0 Å². The van der Waals surface area contributed by atoms with Crippen molar-refractivity contribution < 1.29 is 22.8 Å². The molecule has 0 bridgehead atoms. The van der Waals surface area contributed by atoms with Crippen LogP contribution in [-0.4, -0.2) is 11.6 Å². The Bertz CT molecular complexity index is 1240. The van der Waals surface area contributed by atoms with Crippen molar-refractivity contribution in [3.63, 3.8) is 0 Å². The smallest absolute Gasteiger partial charge is 0.197 e. The first-order chi connectivity index (χ1) is 13.5. The van der Waals surface area contributed by atoms with Gasteiger partial charge in [0, 0.05) is 27.6 Å². The van der Waals surface area contributed by atoms with Crippen LogP contribution < -0.4 is 0 Å². The number of carbonyl (C=O) groups is 2. The number of hydrogen-bond donors (Lipinski definition) is 0. The van der Waals surface area contributed by atoms with Crippen LogP contribution in [0.3, 0.4) is 0 Å². The summed E-state index contributed by atoms with van der Waals surface area (Å²) >= 11 is 1.37. The second-order valence-corrected chi connectivity index (χ2v) is 7.50. The van der Waals surface area contributed by atoms with E-state index in [0.717, 1.165) is 28.2 Å². The molecule has 0 radical (unpaired) electrons. The monoisotopic (exact) mass is 392 g/mol. The van der Waals surface area contributed by atoms with E-state index in [2.05, 4.69) is 0 Å². The number of halogens is 2. The molecule has 3 nitrogen and oxygen atoms in total. The van der Waals surface area contributed by atoms with Gasteiger partial charge in [-0.05, 0) is 24.3 Å². The van der Waals surface area contributed by atoms with Crippen molar-refractivity contribution in [3.05, 3.63) is 87.8 Å². The third-order valence-electron chi connectivity index (χ3n) is 4.61. The maximum Gasteiger partial charge on any atom is 0.197 e. The van der Waals surface area contributed by atoms with Gasteiger partial charge in [0.15, 0.2) is 23.2 Å². The zero-order valence-corrected chi connectivity index (χ0v) is 15.0. The van der Waals surface area contributed by atoms with Crippen LogP contribution in [0.2, 0.25) is 0 Å². The van der Waals surface area contributed by atoms with Crippen molar-refractivity contribution in [1.29, 1.82) is 0 Å². The molecule has 1 aliphatic carbocycles. The molecule has 0 spiro atoms. The molecule has 0 N–H and O–H groups in total. The van der Waals surface area contributed by atoms with Crippen molar-refractivity contribution in [2.75, 3.05) is 0 Å². The largest absolute Gasteiger partial charge is 0.455 e. The fraction of sp³-hybridized carbons (Fsp3) is 0. The average molecular weight is 392 g/mol. The van der Waals surface area contributed by atoms with E-state index >= 15 is 0 Å². The first kappa shape index (κ1) is 16.8. The van der Waals surface area contributed by atoms with E-state index in [-0.39, 0.29) is 16.7 Å². The van der Waals surface area contributed by atoms with E-state index < -0.39 is 23.2 Å². The minimum atomic E-state index is -1.15. The third-order valence-corrected chi connectivity index (χ3v) is 5.62. The van der Waals surface area contributed by atoms with Gasteiger partial charge in [0.05, 0.1) is 10.3 Å². The molecule has 0 amide bonds. The van der Waals surface area contributed by atoms with Crippen LogP contribution in [0, 0.1) is 11.6 Å². The van der Waals surface area contributed by atoms with Gasteiger partial charge in [-0.2, -0.15) is 0 Å². The second-order valence-electron chi connectivity index (χ2n) is 6.38. The van der Waals surface area contributed by atoms with Gasteiger partial charge in [0.25, 0.3) is 0 Å². The van der Waals surface area contributed by atoms with Gasteiger partial charge < -0.3 is 4.42 Å². The van der Waals surface area contributed by atoms with Gasteiger partial charge >= 0.3 is 0 Å². The number of furan rings is 1. The van der Waals surface area contributed by atoms with Crippen LogP contribution in [0.15, 0.2) is 64.6 Å². The summed E-state index contributed by atoms with van der Waals surface area (Å²) in [7, 11) is 0. The van der Waals surface area contributed by atoms with E-state index in [1.54, 1.807) is 6.07 Å². The molecule has 0 atom stereocenters. The molecule has 0 fully saturated rings. The Morgan fingerprint density at radius 3 is 2.11 bits per heavy atom. The summed E-state index contributed by atoms with van der Waals surface area (Å²) in [6, 6.07) is 14.8. The summed E-state index contributed by atoms with van der Waals surface area (Å²) in [6.45, 7) is 0. The summed E-state index contributed by atoms with van der Waals surface area (Å²) in [5, 5.41) is 0. The lowest BCUT2D eigenvalue weighted by atomic mass is 10.1. The summed E-state index contributed by atoms with van der Waals surface area (Å²) in [4.78, 5) is 25.6. The third kappa shape index (κ3) is 2.53. The molecular formula is C22H10F2O3S. The molecule has 0 unspecified atom stereocenters. The van der Waals surface area contributed by atoms with Crippen LogP contribution >= 0.6 is 11.3 Å². The van der Waals surface area contributed by atoms with E-state index in [1.807, 2.05) is 36.4 Å². The maximum atomic E-state index is 13.4. The van der Waals surface area contributed by atoms with Crippen LogP contribution in [0.4, 0.5) is 8.78 Å². The minimum Gasteiger partial charge on any atom is -0.455 e. The molecule has 2 heterocycles. The maximum absolute atomic E-state index is 13.4. The number of Topliss-reactive ketones (excluding diaryl/α,β-unsaturated/α-hetero) is 2. The number of thiophene rings is 1. The van der Waals surface area contributed by atoms with Gasteiger partial charge in [0.2, 0.25) is 0 Å². The van der Waals surface area contributed by atoms with E-state index in [1.165, 1.54) is 17.4 Å². The van der Waals surface area contributed by atoms with Crippen molar-refractivity contribution in [2.45, 2.75) is 0 Å². The van der Waals surface area contributed by atoms with Gasteiger partial charge in [-0.1, -0.05) is 30.3 Å². The van der Waals surface area contributed by atoms with Crippen molar-refractivity contribution in [2.24, 2.45) is 0 Å². The normalized spacial score (nSPS) is 13.4. The molecule has 6 heteroatoms. The molecule has 0 saturated carbocycles. The lowest BCUT2D eigenvalue weighted by Crippen LogP contribution is -1.99. The Morgan fingerprint density at radius 1 is 0.857 bits per heavy atom. The number of hydrogen-bond acceptors (Lipinski definition) is 4. The Balaban J connectivity index is 1.53. The van der Waals surface area contributed by atoms with Gasteiger partial charge in [-0.25, -0.2) is 8.78 Å². The van der Waals surface area contributed by atoms with Crippen molar-refractivity contribution >= 4 is 39.3 Å². The molecule has 0 aliphatic heterocycles. The van der Waals surface area contributed by atoms with Crippen LogP contribution in [0.1, 0.15) is 25.6 Å². The van der Waals surface area contributed by atoms with Gasteiger partial charge in [0.1, 0.15) is 11.3 Å². The predicted octanol–water partition coefficient (Wildman–Crippen LogP) is 5.90. The second kappa shape index (κ2) is 6.07. The Labute approximate surface area is 161 Å². The molecule has 4 aromatic rings. The summed E-state index contributed by atoms with van der Waals surface area (Å²) in [6.07, 6.45) is 1.45. The first-order valence-electron chi connectivity index (χ1n) is 8.40. The highest BCUT2D eigenvalue weighted by molar-refractivity contribution is 7.19. The Morgan fingerprint density at radius 2 is 1.50 bits per heavy atom. The molecule has 1 aliphatic rings. The SMILES string of the molecule is O=C1C(=Cc2cc3oc(-c4ccccc4)cc3s2)C(=O)c2cc(F)c(F)cc21. The number of allylic oxidation sites excluding steroid dienone is 1. The fourth-order valence-corrected chi connectivity index (χ4v) is 4.22. The van der Waals surface area contributed by atoms with E-state index in [4.69, 9.17) is 4.42 Å². The predicted molar refractivity (Wildman–Crippen MR) is 103 cm³/mol. The molecule has 0 saturated heterocycles. The molecule has 28 heavy (non-hydrogen) atoms. The summed E-state index contributed by atoms with van der Waals surface area (Å²) < 4.78 is 33.6. The summed E-state index contributed by atoms with van der Waals surface area (Å²) in [5.41, 5.74) is 1.27. The Hall–Kier alpha value is -3.38. The number of benzene rings is 2. The standard InChI is InChI=1S/C22H10F2O3S/c23-16-8-13-14(9-17(16)24)22(26)15(21(13)25)6-12-7-19-20(28-12)10-18(27-19)11-4-2-1-3-5-11/h1-10H. The fourth-order valence-electron chi connectivity index (χ4n) is 3.26. The zero-order chi connectivity index (χ0) is 19.4.